The Balaban J connectivity index is 1.56. The highest BCUT2D eigenvalue weighted by Gasteiger charge is 2.54. The number of benzene rings is 1. The number of carbonyl (C=O) groups excluding carboxylic acids is 2. The Morgan fingerprint density at radius 3 is 2.45 bits per heavy atom. The smallest absolute Gasteiger partial charge is 0.410 e. The van der Waals surface area contributed by atoms with E-state index in [2.05, 4.69) is 4.90 Å². The van der Waals surface area contributed by atoms with Crippen molar-refractivity contribution >= 4 is 11.9 Å². The zero-order chi connectivity index (χ0) is 20.8. The fraction of sp³-hybridized carbons (Fsp3) is 0.652. The summed E-state index contributed by atoms with van der Waals surface area (Å²) in [5, 5.41) is 11.1. The van der Waals surface area contributed by atoms with Crippen LogP contribution in [0.4, 0.5) is 4.79 Å². The minimum absolute atomic E-state index is 0.0288. The van der Waals surface area contributed by atoms with Gasteiger partial charge in [-0.2, -0.15) is 0 Å². The number of fused-ring (bicyclic) bond motifs is 2. The summed E-state index contributed by atoms with van der Waals surface area (Å²) in [6.45, 7) is 6.49. The van der Waals surface area contributed by atoms with Crippen LogP contribution in [0.1, 0.15) is 56.8 Å². The molecule has 2 aliphatic heterocycles. The Labute approximate surface area is 172 Å². The first kappa shape index (κ1) is 20.4. The molecule has 3 fully saturated rings. The monoisotopic (exact) mass is 400 g/mol. The molecule has 1 unspecified atom stereocenters. The number of aliphatic hydroxyl groups is 1. The van der Waals surface area contributed by atoms with E-state index >= 15 is 0 Å². The fourth-order valence-electron chi connectivity index (χ4n) is 4.89. The fourth-order valence-corrected chi connectivity index (χ4v) is 4.89. The van der Waals surface area contributed by atoms with Gasteiger partial charge in [0, 0.05) is 18.2 Å². The number of hydrogen-bond donors (Lipinski definition) is 1. The van der Waals surface area contributed by atoms with Crippen molar-refractivity contribution < 1.29 is 19.4 Å². The highest BCUT2D eigenvalue weighted by atomic mass is 16.6. The largest absolute Gasteiger partial charge is 0.444 e. The van der Waals surface area contributed by atoms with Crippen LogP contribution in [0.5, 0.6) is 0 Å². The van der Waals surface area contributed by atoms with E-state index in [1.54, 1.807) is 0 Å². The predicted molar refractivity (Wildman–Crippen MR) is 110 cm³/mol. The van der Waals surface area contributed by atoms with Gasteiger partial charge in [0.15, 0.2) is 5.78 Å². The maximum atomic E-state index is 12.9. The summed E-state index contributed by atoms with van der Waals surface area (Å²) in [5.74, 6) is 0.329. The number of likely N-dealkylation sites (tertiary alicyclic amines) is 1. The molecule has 0 aromatic heterocycles. The van der Waals surface area contributed by atoms with E-state index in [1.807, 2.05) is 56.0 Å². The molecule has 4 atom stereocenters. The Bertz CT molecular complexity index is 756. The molecule has 0 spiro atoms. The van der Waals surface area contributed by atoms with Crippen LogP contribution in [0.3, 0.4) is 0 Å². The van der Waals surface area contributed by atoms with Crippen molar-refractivity contribution in [2.24, 2.45) is 5.92 Å². The van der Waals surface area contributed by atoms with E-state index in [4.69, 9.17) is 4.74 Å². The average Bonchev–Trinajstić information content (AvgIpc) is 3.45. The van der Waals surface area contributed by atoms with Crippen molar-refractivity contribution in [3.05, 3.63) is 35.9 Å². The van der Waals surface area contributed by atoms with E-state index in [0.29, 0.717) is 12.1 Å². The zero-order valence-corrected chi connectivity index (χ0v) is 17.6. The maximum absolute atomic E-state index is 12.9. The molecule has 1 aromatic rings. The Kier molecular flexibility index (Phi) is 5.42. The SMILES string of the molecule is CC(C)(C)OC(=O)N1[C@@H]2CC[C@H]1C([C@@H](O)C1CC1)N(CC(=O)c1ccccc1)C2. The van der Waals surface area contributed by atoms with Gasteiger partial charge >= 0.3 is 6.09 Å². The van der Waals surface area contributed by atoms with Gasteiger partial charge in [0.05, 0.1) is 24.7 Å². The third-order valence-corrected chi connectivity index (χ3v) is 6.31. The number of ether oxygens (including phenoxy) is 1. The number of piperazine rings is 1. The van der Waals surface area contributed by atoms with Crippen LogP contribution in [-0.2, 0) is 4.74 Å². The molecule has 6 heteroatoms. The molecule has 0 radical (unpaired) electrons. The van der Waals surface area contributed by atoms with Crippen LogP contribution in [-0.4, -0.2) is 69.7 Å². The van der Waals surface area contributed by atoms with Crippen LogP contribution in [0, 0.1) is 5.92 Å². The highest BCUT2D eigenvalue weighted by Crippen LogP contribution is 2.42. The molecule has 1 aliphatic carbocycles. The molecule has 158 valence electrons. The molecule has 3 aliphatic rings. The predicted octanol–water partition coefficient (Wildman–Crippen LogP) is 3.09. The molecule has 1 amide bonds. The van der Waals surface area contributed by atoms with Gasteiger partial charge in [0.2, 0.25) is 0 Å². The van der Waals surface area contributed by atoms with Crippen molar-refractivity contribution in [1.29, 1.82) is 0 Å². The van der Waals surface area contributed by atoms with Gasteiger partial charge in [0.1, 0.15) is 5.60 Å². The Hall–Kier alpha value is -1.92. The molecule has 1 N–H and O–H groups in total. The van der Waals surface area contributed by atoms with Gasteiger partial charge in [0.25, 0.3) is 0 Å². The van der Waals surface area contributed by atoms with E-state index in [0.717, 1.165) is 25.7 Å². The molecule has 2 bridgehead atoms. The zero-order valence-electron chi connectivity index (χ0n) is 17.6. The summed E-state index contributed by atoms with van der Waals surface area (Å²) >= 11 is 0. The van der Waals surface area contributed by atoms with Crippen molar-refractivity contribution in [1.82, 2.24) is 9.80 Å². The lowest BCUT2D eigenvalue weighted by atomic mass is 9.93. The minimum Gasteiger partial charge on any atom is -0.444 e. The maximum Gasteiger partial charge on any atom is 0.410 e. The second-order valence-corrected chi connectivity index (χ2v) is 9.72. The topological polar surface area (TPSA) is 70.1 Å². The van der Waals surface area contributed by atoms with Crippen LogP contribution in [0.2, 0.25) is 0 Å². The van der Waals surface area contributed by atoms with Crippen molar-refractivity contribution in [3.8, 4) is 0 Å². The summed E-state index contributed by atoms with van der Waals surface area (Å²) in [6.07, 6.45) is 2.93. The van der Waals surface area contributed by atoms with E-state index in [9.17, 15) is 14.7 Å². The first-order valence-electron chi connectivity index (χ1n) is 10.8. The summed E-state index contributed by atoms with van der Waals surface area (Å²) in [5.41, 5.74) is 0.135. The third-order valence-electron chi connectivity index (χ3n) is 6.31. The number of aliphatic hydroxyl groups excluding tert-OH is 1. The number of nitrogens with zero attached hydrogens (tertiary/aromatic N) is 2. The van der Waals surface area contributed by atoms with E-state index in [1.165, 1.54) is 0 Å². The van der Waals surface area contributed by atoms with Gasteiger partial charge in [-0.05, 0) is 52.4 Å². The van der Waals surface area contributed by atoms with Crippen molar-refractivity contribution in [2.75, 3.05) is 13.1 Å². The van der Waals surface area contributed by atoms with Crippen LogP contribution >= 0.6 is 0 Å². The number of amides is 1. The Morgan fingerprint density at radius 2 is 1.83 bits per heavy atom. The third kappa shape index (κ3) is 4.33. The first-order chi connectivity index (χ1) is 13.7. The number of hydrogen-bond acceptors (Lipinski definition) is 5. The lowest BCUT2D eigenvalue weighted by Crippen LogP contribution is -2.66. The number of Topliss-reactive ketones (excluding diaryl/α,β-unsaturated/α-hetero) is 1. The number of ketones is 1. The summed E-state index contributed by atoms with van der Waals surface area (Å²) in [4.78, 5) is 29.8. The van der Waals surface area contributed by atoms with E-state index < -0.39 is 11.7 Å². The summed E-state index contributed by atoms with van der Waals surface area (Å²) in [7, 11) is 0. The average molecular weight is 401 g/mol. The van der Waals surface area contributed by atoms with Crippen LogP contribution in [0.25, 0.3) is 0 Å². The standard InChI is InChI=1S/C23H32N2O4/c1-23(2,3)29-22(28)25-17-11-12-18(25)20(21(27)16-9-10-16)24(13-17)14-19(26)15-7-5-4-6-8-15/h4-8,16-18,20-21,27H,9-14H2,1-3H3/t17-,18+,20?,21+/m1/s1. The molecule has 1 saturated carbocycles. The van der Waals surface area contributed by atoms with Gasteiger partial charge in [-0.3, -0.25) is 14.6 Å². The van der Waals surface area contributed by atoms with Gasteiger partial charge in [-0.15, -0.1) is 0 Å². The number of rotatable bonds is 5. The molecular weight excluding hydrogens is 368 g/mol. The second-order valence-electron chi connectivity index (χ2n) is 9.72. The van der Waals surface area contributed by atoms with Crippen molar-refractivity contribution in [3.63, 3.8) is 0 Å². The highest BCUT2D eigenvalue weighted by molar-refractivity contribution is 5.97. The summed E-state index contributed by atoms with van der Waals surface area (Å²) in [6, 6.07) is 9.00. The summed E-state index contributed by atoms with van der Waals surface area (Å²) < 4.78 is 5.67. The van der Waals surface area contributed by atoms with Crippen LogP contribution < -0.4 is 0 Å². The first-order valence-corrected chi connectivity index (χ1v) is 10.8. The van der Waals surface area contributed by atoms with E-state index in [-0.39, 0.29) is 42.5 Å². The molecular formula is C23H32N2O4. The number of carbonyl (C=O) groups is 2. The minimum atomic E-state index is -0.554. The van der Waals surface area contributed by atoms with Crippen molar-refractivity contribution in [2.45, 2.75) is 76.3 Å². The molecule has 2 heterocycles. The molecule has 29 heavy (non-hydrogen) atoms. The quantitative estimate of drug-likeness (QED) is 0.769. The lowest BCUT2D eigenvalue weighted by Gasteiger charge is -2.48. The van der Waals surface area contributed by atoms with Gasteiger partial charge in [-0.25, -0.2) is 4.79 Å². The second kappa shape index (κ2) is 7.73. The molecule has 2 saturated heterocycles. The lowest BCUT2D eigenvalue weighted by molar-refractivity contribution is -0.0570. The normalized spacial score (nSPS) is 28.3. The Morgan fingerprint density at radius 1 is 1.14 bits per heavy atom. The molecule has 1 aromatic carbocycles. The van der Waals surface area contributed by atoms with Gasteiger partial charge < -0.3 is 9.84 Å². The molecule has 4 rings (SSSR count). The van der Waals surface area contributed by atoms with Gasteiger partial charge in [-0.1, -0.05) is 30.3 Å². The van der Waals surface area contributed by atoms with Crippen LogP contribution in [0.15, 0.2) is 30.3 Å². The molecule has 6 nitrogen and oxygen atoms in total.